The molecule has 1 amide bonds. The lowest BCUT2D eigenvalue weighted by atomic mass is 9.94. The normalized spacial score (nSPS) is 23.9. The Kier molecular flexibility index (Phi) is 6.34. The van der Waals surface area contributed by atoms with Gasteiger partial charge in [-0.05, 0) is 54.0 Å². The van der Waals surface area contributed by atoms with E-state index in [0.29, 0.717) is 12.8 Å². The van der Waals surface area contributed by atoms with E-state index in [1.165, 1.54) is 17.7 Å². The fourth-order valence-corrected chi connectivity index (χ4v) is 5.58. The van der Waals surface area contributed by atoms with Crippen molar-refractivity contribution in [1.82, 2.24) is 14.7 Å². The zero-order chi connectivity index (χ0) is 22.9. The van der Waals surface area contributed by atoms with Crippen LogP contribution in [-0.2, 0) is 4.79 Å². The molecule has 1 aromatic rings. The molecule has 5 nitrogen and oxygen atoms in total. The molecule has 7 heteroatoms. The average Bonchev–Trinajstić information content (AvgIpc) is 3.16. The Balaban J connectivity index is 1.25. The molecule has 176 valence electrons. The Labute approximate surface area is 194 Å². The van der Waals surface area contributed by atoms with E-state index in [1.54, 1.807) is 6.08 Å². The molecular formula is C26H32F2N4O. The van der Waals surface area contributed by atoms with Gasteiger partial charge in [0.1, 0.15) is 11.6 Å². The molecule has 0 N–H and O–H groups in total. The largest absolute Gasteiger partial charge is 0.340 e. The predicted molar refractivity (Wildman–Crippen MR) is 126 cm³/mol. The maximum absolute atomic E-state index is 14.2. The van der Waals surface area contributed by atoms with E-state index in [1.807, 2.05) is 30.0 Å². The van der Waals surface area contributed by atoms with Crippen molar-refractivity contribution < 1.29 is 13.6 Å². The van der Waals surface area contributed by atoms with Gasteiger partial charge in [-0.25, -0.2) is 8.78 Å². The molecule has 3 aliphatic heterocycles. The summed E-state index contributed by atoms with van der Waals surface area (Å²) in [5, 5.41) is 0. The Hall–Kier alpha value is -2.51. The first-order valence-electron chi connectivity index (χ1n) is 12.1. The number of nitrogens with zero attached hydrogens (tertiary/aromatic N) is 4. The van der Waals surface area contributed by atoms with Gasteiger partial charge in [-0.3, -0.25) is 14.6 Å². The summed E-state index contributed by atoms with van der Waals surface area (Å²) in [5.74, 6) is -0.100. The molecule has 33 heavy (non-hydrogen) atoms. The minimum absolute atomic E-state index is 0.0995. The number of piperazine rings is 1. The Morgan fingerprint density at radius 3 is 2.42 bits per heavy atom. The molecule has 0 spiro atoms. The number of amides is 1. The van der Waals surface area contributed by atoms with Gasteiger partial charge in [0.15, 0.2) is 0 Å². The first-order valence-corrected chi connectivity index (χ1v) is 12.1. The summed E-state index contributed by atoms with van der Waals surface area (Å²) >= 11 is 0. The topological polar surface area (TPSA) is 30.0 Å². The van der Waals surface area contributed by atoms with Crippen LogP contribution in [0.15, 0.2) is 59.1 Å². The molecule has 5 rings (SSSR count). The third-order valence-corrected chi connectivity index (χ3v) is 7.42. The molecule has 1 unspecified atom stereocenters. The number of carbonyl (C=O) groups is 1. The van der Waals surface area contributed by atoms with Crippen molar-refractivity contribution >= 4 is 11.6 Å². The van der Waals surface area contributed by atoms with Crippen molar-refractivity contribution in [2.24, 2.45) is 0 Å². The summed E-state index contributed by atoms with van der Waals surface area (Å²) in [7, 11) is 0. The number of hydrogen-bond acceptors (Lipinski definition) is 4. The monoisotopic (exact) mass is 454 g/mol. The summed E-state index contributed by atoms with van der Waals surface area (Å²) in [4.78, 5) is 21.1. The van der Waals surface area contributed by atoms with Crippen LogP contribution in [0.5, 0.6) is 0 Å². The minimum Gasteiger partial charge on any atom is -0.340 e. The van der Waals surface area contributed by atoms with Crippen LogP contribution >= 0.6 is 0 Å². The Morgan fingerprint density at radius 1 is 0.970 bits per heavy atom. The Morgan fingerprint density at radius 2 is 1.70 bits per heavy atom. The molecule has 1 aliphatic carbocycles. The highest BCUT2D eigenvalue weighted by molar-refractivity contribution is 5.75. The molecule has 2 saturated heterocycles. The second-order valence-electron chi connectivity index (χ2n) is 9.35. The lowest BCUT2D eigenvalue weighted by Gasteiger charge is -2.39. The quantitative estimate of drug-likeness (QED) is 0.679. The van der Waals surface area contributed by atoms with Gasteiger partial charge >= 0.3 is 0 Å². The van der Waals surface area contributed by atoms with E-state index in [0.717, 1.165) is 75.7 Å². The average molecular weight is 455 g/mol. The molecular weight excluding hydrogens is 422 g/mol. The van der Waals surface area contributed by atoms with Gasteiger partial charge in [0.05, 0.1) is 6.04 Å². The highest BCUT2D eigenvalue weighted by Crippen LogP contribution is 2.45. The van der Waals surface area contributed by atoms with Crippen molar-refractivity contribution in [3.05, 3.63) is 64.9 Å². The summed E-state index contributed by atoms with van der Waals surface area (Å²) in [6.07, 6.45) is 5.33. The highest BCUT2D eigenvalue weighted by Gasteiger charge is 2.40. The van der Waals surface area contributed by atoms with Crippen LogP contribution in [0, 0.1) is 5.82 Å². The van der Waals surface area contributed by atoms with Crippen LogP contribution in [0.2, 0.25) is 0 Å². The number of anilines is 1. The van der Waals surface area contributed by atoms with Crippen LogP contribution in [-0.4, -0.2) is 79.0 Å². The van der Waals surface area contributed by atoms with E-state index in [9.17, 15) is 13.6 Å². The van der Waals surface area contributed by atoms with Gasteiger partial charge in [0.25, 0.3) is 0 Å². The van der Waals surface area contributed by atoms with Crippen LogP contribution < -0.4 is 4.90 Å². The zero-order valence-corrected chi connectivity index (χ0v) is 19.3. The van der Waals surface area contributed by atoms with Crippen molar-refractivity contribution in [3.63, 3.8) is 0 Å². The van der Waals surface area contributed by atoms with Crippen molar-refractivity contribution in [1.29, 1.82) is 0 Å². The van der Waals surface area contributed by atoms with Gasteiger partial charge in [0, 0.05) is 76.6 Å². The summed E-state index contributed by atoms with van der Waals surface area (Å²) in [6, 6.07) is 6.84. The highest BCUT2D eigenvalue weighted by atomic mass is 19.1. The molecule has 1 atom stereocenters. The van der Waals surface area contributed by atoms with Gasteiger partial charge in [-0.2, -0.15) is 0 Å². The van der Waals surface area contributed by atoms with Crippen molar-refractivity contribution in [2.75, 3.05) is 57.3 Å². The van der Waals surface area contributed by atoms with E-state index < -0.39 is 0 Å². The maximum Gasteiger partial charge on any atom is 0.222 e. The summed E-state index contributed by atoms with van der Waals surface area (Å²) in [6.45, 7) is 9.19. The lowest BCUT2D eigenvalue weighted by molar-refractivity contribution is -0.132. The number of likely N-dealkylation sites (tertiary alicyclic amines) is 1. The third-order valence-electron chi connectivity index (χ3n) is 7.42. The SMILES string of the molecule is CCC(=O)N1CCN(CCN2CCC3C(=C4CC(F)=CC=C4N3c3ccc(F)cc3)C2)CC1. The molecule has 4 aliphatic rings. The molecule has 3 heterocycles. The summed E-state index contributed by atoms with van der Waals surface area (Å²) < 4.78 is 27.8. The second kappa shape index (κ2) is 9.39. The third kappa shape index (κ3) is 4.49. The smallest absolute Gasteiger partial charge is 0.222 e. The first kappa shape index (κ1) is 22.3. The van der Waals surface area contributed by atoms with Gasteiger partial charge in [0.2, 0.25) is 5.91 Å². The van der Waals surface area contributed by atoms with Crippen molar-refractivity contribution in [3.8, 4) is 0 Å². The number of carbonyl (C=O) groups excluding carboxylic acids is 1. The van der Waals surface area contributed by atoms with Crippen LogP contribution in [0.25, 0.3) is 0 Å². The number of benzene rings is 1. The van der Waals surface area contributed by atoms with E-state index in [4.69, 9.17) is 0 Å². The van der Waals surface area contributed by atoms with E-state index >= 15 is 0 Å². The fraction of sp³-hybridized carbons (Fsp3) is 0.500. The second-order valence-corrected chi connectivity index (χ2v) is 9.35. The molecule has 0 radical (unpaired) electrons. The van der Waals surface area contributed by atoms with Crippen LogP contribution in [0.1, 0.15) is 26.2 Å². The first-order chi connectivity index (χ1) is 16.0. The van der Waals surface area contributed by atoms with Gasteiger partial charge in [-0.15, -0.1) is 0 Å². The number of halogens is 2. The van der Waals surface area contributed by atoms with Gasteiger partial charge in [-0.1, -0.05) is 6.92 Å². The zero-order valence-electron chi connectivity index (χ0n) is 19.3. The molecule has 2 fully saturated rings. The van der Waals surface area contributed by atoms with Crippen LogP contribution in [0.3, 0.4) is 0 Å². The van der Waals surface area contributed by atoms with Crippen LogP contribution in [0.4, 0.5) is 14.5 Å². The number of allylic oxidation sites excluding steroid dienone is 4. The maximum atomic E-state index is 14.2. The number of hydrogen-bond donors (Lipinski definition) is 0. The molecule has 0 aromatic heterocycles. The van der Waals surface area contributed by atoms with Gasteiger partial charge < -0.3 is 9.80 Å². The molecule has 0 saturated carbocycles. The number of fused-ring (bicyclic) bond motifs is 2. The summed E-state index contributed by atoms with van der Waals surface area (Å²) in [5.41, 5.74) is 4.42. The predicted octanol–water partition coefficient (Wildman–Crippen LogP) is 3.71. The fourth-order valence-electron chi connectivity index (χ4n) is 5.58. The molecule has 0 bridgehead atoms. The van der Waals surface area contributed by atoms with E-state index in [-0.39, 0.29) is 23.6 Å². The number of rotatable bonds is 5. The number of piperidine rings is 1. The van der Waals surface area contributed by atoms with Crippen molar-refractivity contribution in [2.45, 2.75) is 32.2 Å². The lowest BCUT2D eigenvalue weighted by Crippen LogP contribution is -2.51. The minimum atomic E-state index is -0.246. The Bertz CT molecular complexity index is 992. The standard InChI is InChI=1S/C26H32F2N4O/c1-2-26(33)31-15-13-29(14-16-31)11-12-30-10-9-25-23(18-30)22-17-20(28)5-8-24(22)32(25)21-6-3-19(27)4-7-21/h3-8,25H,2,9-18H2,1H3. The molecule has 1 aromatic carbocycles. The van der Waals surface area contributed by atoms with E-state index in [2.05, 4.69) is 14.7 Å².